The van der Waals surface area contributed by atoms with Crippen LogP contribution in [-0.2, 0) is 0 Å². The molecule has 0 aliphatic heterocycles. The summed E-state index contributed by atoms with van der Waals surface area (Å²) in [6.07, 6.45) is 1.50. The van der Waals surface area contributed by atoms with Crippen molar-refractivity contribution < 1.29 is 5.11 Å². The number of hydrogen-bond acceptors (Lipinski definition) is 5. The van der Waals surface area contributed by atoms with E-state index < -0.39 is 0 Å². The second kappa shape index (κ2) is 4.28. The number of phenolic OH excluding ortho intramolecular Hbond substituents is 1. The minimum atomic E-state index is 0.167. The standard InChI is InChI=1S/C10H10N4OS/c1-6-2-3-7(8(15)4-6)12-9-5-11-14-10(16)13-9/h2-5,15H,1H3,(H2,12,13,14,16). The van der Waals surface area contributed by atoms with Gasteiger partial charge in [0.1, 0.15) is 5.75 Å². The van der Waals surface area contributed by atoms with E-state index in [1.165, 1.54) is 6.20 Å². The molecular weight excluding hydrogens is 224 g/mol. The molecule has 5 nitrogen and oxygen atoms in total. The molecule has 2 rings (SSSR count). The number of phenols is 1. The maximum atomic E-state index is 9.68. The third-order valence-corrected chi connectivity index (χ3v) is 2.17. The van der Waals surface area contributed by atoms with Crippen LogP contribution in [0.2, 0.25) is 0 Å². The topological polar surface area (TPSA) is 73.8 Å². The Morgan fingerprint density at radius 2 is 2.25 bits per heavy atom. The van der Waals surface area contributed by atoms with Crippen molar-refractivity contribution >= 4 is 23.7 Å². The molecule has 1 aromatic carbocycles. The van der Waals surface area contributed by atoms with Crippen molar-refractivity contribution in [1.29, 1.82) is 0 Å². The summed E-state index contributed by atoms with van der Waals surface area (Å²) in [5.41, 5.74) is 1.56. The number of aryl methyl sites for hydroxylation is 1. The lowest BCUT2D eigenvalue weighted by Gasteiger charge is -2.07. The molecule has 0 amide bonds. The van der Waals surface area contributed by atoms with Crippen LogP contribution in [-0.4, -0.2) is 20.3 Å². The van der Waals surface area contributed by atoms with Crippen molar-refractivity contribution in [2.75, 3.05) is 5.32 Å². The Hall–Kier alpha value is -1.95. The summed E-state index contributed by atoms with van der Waals surface area (Å²) in [6.45, 7) is 1.90. The highest BCUT2D eigenvalue weighted by Gasteiger charge is 2.02. The van der Waals surface area contributed by atoms with Gasteiger partial charge in [-0.15, -0.1) is 0 Å². The zero-order valence-electron chi connectivity index (χ0n) is 8.56. The number of hydrogen-bond donors (Lipinski definition) is 3. The first-order valence-corrected chi connectivity index (χ1v) is 5.04. The van der Waals surface area contributed by atoms with Crippen LogP contribution >= 0.6 is 12.2 Å². The largest absolute Gasteiger partial charge is 0.506 e. The predicted molar refractivity (Wildman–Crippen MR) is 63.3 cm³/mol. The van der Waals surface area contributed by atoms with E-state index in [0.717, 1.165) is 5.56 Å². The summed E-state index contributed by atoms with van der Waals surface area (Å²) in [5, 5.41) is 18.9. The zero-order chi connectivity index (χ0) is 11.5. The summed E-state index contributed by atoms with van der Waals surface area (Å²) in [5.74, 6) is 0.656. The highest BCUT2D eigenvalue weighted by atomic mass is 32.1. The van der Waals surface area contributed by atoms with Gasteiger partial charge in [-0.1, -0.05) is 6.07 Å². The molecule has 0 saturated heterocycles. The van der Waals surface area contributed by atoms with E-state index in [1.807, 2.05) is 13.0 Å². The molecule has 2 aromatic rings. The number of aromatic nitrogens is 3. The van der Waals surface area contributed by atoms with Gasteiger partial charge in [0.05, 0.1) is 11.9 Å². The molecule has 16 heavy (non-hydrogen) atoms. The Labute approximate surface area is 97.2 Å². The fourth-order valence-electron chi connectivity index (χ4n) is 1.26. The molecule has 0 fully saturated rings. The van der Waals surface area contributed by atoms with Gasteiger partial charge in [0, 0.05) is 0 Å². The number of H-pyrrole nitrogens is 1. The molecule has 0 bridgehead atoms. The van der Waals surface area contributed by atoms with Crippen molar-refractivity contribution in [3.63, 3.8) is 0 Å². The Kier molecular flexibility index (Phi) is 2.82. The molecule has 0 aliphatic rings. The number of anilines is 2. The number of nitrogens with zero attached hydrogens (tertiary/aromatic N) is 2. The van der Waals surface area contributed by atoms with Gasteiger partial charge in [-0.2, -0.15) is 10.1 Å². The van der Waals surface area contributed by atoms with E-state index in [-0.39, 0.29) is 10.5 Å². The summed E-state index contributed by atoms with van der Waals surface area (Å²) in [4.78, 5) is 4.01. The molecule has 0 saturated carbocycles. The average molecular weight is 234 g/mol. The summed E-state index contributed by atoms with van der Waals surface area (Å²) in [7, 11) is 0. The van der Waals surface area contributed by atoms with Crippen LogP contribution in [0, 0.1) is 11.7 Å². The smallest absolute Gasteiger partial charge is 0.215 e. The lowest BCUT2D eigenvalue weighted by atomic mass is 10.2. The van der Waals surface area contributed by atoms with Crippen LogP contribution in [0.5, 0.6) is 5.75 Å². The number of nitrogens with one attached hydrogen (secondary N) is 2. The Morgan fingerprint density at radius 3 is 2.94 bits per heavy atom. The number of aromatic amines is 1. The Bertz CT molecular complexity index is 567. The molecule has 1 heterocycles. The van der Waals surface area contributed by atoms with Gasteiger partial charge in [0.15, 0.2) is 5.82 Å². The molecule has 3 N–H and O–H groups in total. The Morgan fingerprint density at radius 1 is 1.44 bits per heavy atom. The van der Waals surface area contributed by atoms with Gasteiger partial charge in [0.2, 0.25) is 4.77 Å². The molecular formula is C10H10N4OS. The van der Waals surface area contributed by atoms with Crippen molar-refractivity contribution in [2.24, 2.45) is 0 Å². The third-order valence-electron chi connectivity index (χ3n) is 1.98. The van der Waals surface area contributed by atoms with Gasteiger partial charge in [0.25, 0.3) is 0 Å². The SMILES string of the molecule is Cc1ccc(Nc2cn[nH]c(=S)n2)c(O)c1. The summed E-state index contributed by atoms with van der Waals surface area (Å²) in [6, 6.07) is 5.32. The number of rotatable bonds is 2. The maximum Gasteiger partial charge on any atom is 0.215 e. The maximum absolute atomic E-state index is 9.68. The highest BCUT2D eigenvalue weighted by Crippen LogP contribution is 2.26. The van der Waals surface area contributed by atoms with Crippen molar-refractivity contribution in [3.05, 3.63) is 34.7 Å². The van der Waals surface area contributed by atoms with E-state index in [1.54, 1.807) is 12.1 Å². The quantitative estimate of drug-likeness (QED) is 0.549. The van der Waals surface area contributed by atoms with Gasteiger partial charge in [-0.3, -0.25) is 5.10 Å². The molecule has 6 heteroatoms. The van der Waals surface area contributed by atoms with Crippen LogP contribution in [0.3, 0.4) is 0 Å². The number of benzene rings is 1. The van der Waals surface area contributed by atoms with Crippen LogP contribution in [0.4, 0.5) is 11.5 Å². The third kappa shape index (κ3) is 2.34. The predicted octanol–water partition coefficient (Wildman–Crippen LogP) is 2.29. The van der Waals surface area contributed by atoms with E-state index in [9.17, 15) is 5.11 Å². The normalized spacial score (nSPS) is 10.1. The number of aromatic hydroxyl groups is 1. The fraction of sp³-hybridized carbons (Fsp3) is 0.100. The average Bonchev–Trinajstić information content (AvgIpc) is 2.22. The van der Waals surface area contributed by atoms with Crippen LogP contribution in [0.25, 0.3) is 0 Å². The molecule has 0 aliphatic carbocycles. The van der Waals surface area contributed by atoms with Gasteiger partial charge in [-0.25, -0.2) is 0 Å². The lowest BCUT2D eigenvalue weighted by molar-refractivity contribution is 0.477. The van der Waals surface area contributed by atoms with Crippen molar-refractivity contribution in [3.8, 4) is 5.75 Å². The van der Waals surface area contributed by atoms with Crippen LogP contribution < -0.4 is 5.32 Å². The van der Waals surface area contributed by atoms with Crippen LogP contribution in [0.15, 0.2) is 24.4 Å². The molecule has 0 atom stereocenters. The van der Waals surface area contributed by atoms with E-state index in [4.69, 9.17) is 12.2 Å². The molecule has 82 valence electrons. The molecule has 0 unspecified atom stereocenters. The molecule has 0 spiro atoms. The first kappa shape index (κ1) is 10.6. The second-order valence-corrected chi connectivity index (χ2v) is 3.70. The molecule has 0 radical (unpaired) electrons. The van der Waals surface area contributed by atoms with Gasteiger partial charge in [-0.05, 0) is 36.8 Å². The second-order valence-electron chi connectivity index (χ2n) is 3.32. The highest BCUT2D eigenvalue weighted by molar-refractivity contribution is 7.71. The van der Waals surface area contributed by atoms with E-state index in [2.05, 4.69) is 20.5 Å². The monoisotopic (exact) mass is 234 g/mol. The van der Waals surface area contributed by atoms with Gasteiger partial charge >= 0.3 is 0 Å². The Balaban J connectivity index is 2.30. The van der Waals surface area contributed by atoms with Crippen molar-refractivity contribution in [1.82, 2.24) is 15.2 Å². The van der Waals surface area contributed by atoms with Crippen LogP contribution in [0.1, 0.15) is 5.56 Å². The summed E-state index contributed by atoms with van der Waals surface area (Å²) < 4.78 is 0.289. The minimum Gasteiger partial charge on any atom is -0.506 e. The molecule has 1 aromatic heterocycles. The summed E-state index contributed by atoms with van der Waals surface area (Å²) >= 11 is 4.84. The first-order valence-electron chi connectivity index (χ1n) is 4.63. The van der Waals surface area contributed by atoms with E-state index >= 15 is 0 Å². The fourth-order valence-corrected chi connectivity index (χ4v) is 1.41. The van der Waals surface area contributed by atoms with E-state index in [0.29, 0.717) is 11.5 Å². The lowest BCUT2D eigenvalue weighted by Crippen LogP contribution is -1.96. The van der Waals surface area contributed by atoms with Crippen molar-refractivity contribution in [2.45, 2.75) is 6.92 Å². The van der Waals surface area contributed by atoms with Gasteiger partial charge < -0.3 is 10.4 Å². The minimum absolute atomic E-state index is 0.167. The first-order chi connectivity index (χ1) is 7.65. The zero-order valence-corrected chi connectivity index (χ0v) is 9.38.